The number of methoxy groups -OCH3 is 1. The van der Waals surface area contributed by atoms with Crippen LogP contribution in [0.4, 0.5) is 0 Å². The summed E-state index contributed by atoms with van der Waals surface area (Å²) < 4.78 is 5.21. The number of hydrogen-bond acceptors (Lipinski definition) is 1. The average Bonchev–Trinajstić information content (AvgIpc) is 1.99. The van der Waals surface area contributed by atoms with Gasteiger partial charge < -0.3 is 4.74 Å². The molecule has 2 heteroatoms. The highest BCUT2D eigenvalue weighted by atomic mass is 28.1. The smallest absolute Gasteiger partial charge is 0.120 e. The van der Waals surface area contributed by atoms with Crippen molar-refractivity contribution in [2.75, 3.05) is 7.11 Å². The third-order valence-corrected chi connectivity index (χ3v) is 2.27. The number of aryl methyl sites for hydroxylation is 1. The number of ether oxygens (including phenoxy) is 1. The Labute approximate surface area is 70.8 Å². The molecule has 3 radical (unpaired) electrons. The van der Waals surface area contributed by atoms with Crippen molar-refractivity contribution in [2.24, 2.45) is 0 Å². The monoisotopic (exact) mass is 163 g/mol. The zero-order valence-electron chi connectivity index (χ0n) is 7.06. The van der Waals surface area contributed by atoms with Crippen LogP contribution < -0.4 is 9.92 Å². The Morgan fingerprint density at radius 2 is 1.91 bits per heavy atom. The van der Waals surface area contributed by atoms with Crippen LogP contribution in [0.2, 0.25) is 0 Å². The Morgan fingerprint density at radius 3 is 2.36 bits per heavy atom. The van der Waals surface area contributed by atoms with Gasteiger partial charge in [0.2, 0.25) is 0 Å². The Morgan fingerprint density at radius 1 is 1.27 bits per heavy atom. The minimum atomic E-state index is 0.932. The van der Waals surface area contributed by atoms with Gasteiger partial charge in [-0.15, -0.1) is 0 Å². The summed E-state index contributed by atoms with van der Waals surface area (Å²) in [5.74, 6) is 0.932. The predicted molar refractivity (Wildman–Crippen MR) is 47.9 cm³/mol. The minimum absolute atomic E-state index is 0.932. The van der Waals surface area contributed by atoms with Gasteiger partial charge in [0.15, 0.2) is 0 Å². The molecule has 1 aromatic carbocycles. The van der Waals surface area contributed by atoms with E-state index in [1.807, 2.05) is 6.07 Å². The maximum atomic E-state index is 5.21. The standard InChI is InChI=1S/C9H11OSi/c1-6-4-5-8(11)9(10-3)7(6)2/h4-5H,1-3H3. The van der Waals surface area contributed by atoms with Gasteiger partial charge >= 0.3 is 0 Å². The number of rotatable bonds is 1. The molecule has 0 aromatic heterocycles. The topological polar surface area (TPSA) is 9.23 Å². The summed E-state index contributed by atoms with van der Waals surface area (Å²) in [6, 6.07) is 4.07. The van der Waals surface area contributed by atoms with Gasteiger partial charge in [0.1, 0.15) is 5.75 Å². The molecule has 0 spiro atoms. The van der Waals surface area contributed by atoms with E-state index in [0.717, 1.165) is 10.9 Å². The molecule has 0 bridgehead atoms. The van der Waals surface area contributed by atoms with E-state index in [4.69, 9.17) is 4.74 Å². The fourth-order valence-electron chi connectivity index (χ4n) is 1.05. The molecule has 0 atom stereocenters. The van der Waals surface area contributed by atoms with Crippen molar-refractivity contribution in [1.29, 1.82) is 0 Å². The summed E-state index contributed by atoms with van der Waals surface area (Å²) in [6.45, 7) is 4.13. The van der Waals surface area contributed by atoms with E-state index < -0.39 is 0 Å². The Bertz CT molecular complexity index is 269. The van der Waals surface area contributed by atoms with Crippen LogP contribution in [0.1, 0.15) is 11.1 Å². The molecule has 0 heterocycles. The van der Waals surface area contributed by atoms with Gasteiger partial charge in [-0.3, -0.25) is 0 Å². The zero-order chi connectivity index (χ0) is 8.43. The highest BCUT2D eigenvalue weighted by molar-refractivity contribution is 6.34. The predicted octanol–water partition coefficient (Wildman–Crippen LogP) is 1.11. The van der Waals surface area contributed by atoms with Crippen molar-refractivity contribution in [1.82, 2.24) is 0 Å². The molecule has 1 nitrogen and oxygen atoms in total. The van der Waals surface area contributed by atoms with Gasteiger partial charge in [-0.1, -0.05) is 12.1 Å². The van der Waals surface area contributed by atoms with Crippen LogP contribution in [0.25, 0.3) is 0 Å². The molecule has 0 aliphatic heterocycles. The fraction of sp³-hybridized carbons (Fsp3) is 0.333. The van der Waals surface area contributed by atoms with Crippen LogP contribution in [0.3, 0.4) is 0 Å². The first-order valence-electron chi connectivity index (χ1n) is 3.52. The number of hydrogen-bond donors (Lipinski definition) is 0. The van der Waals surface area contributed by atoms with E-state index >= 15 is 0 Å². The van der Waals surface area contributed by atoms with Crippen molar-refractivity contribution >= 4 is 15.4 Å². The molecule has 0 fully saturated rings. The fourth-order valence-corrected chi connectivity index (χ4v) is 1.43. The second-order valence-electron chi connectivity index (χ2n) is 2.59. The quantitative estimate of drug-likeness (QED) is 0.563. The van der Waals surface area contributed by atoms with Gasteiger partial charge in [-0.25, -0.2) is 0 Å². The van der Waals surface area contributed by atoms with Gasteiger partial charge in [-0.2, -0.15) is 0 Å². The SMILES string of the molecule is COc1c([Si])ccc(C)c1C. The first-order chi connectivity index (χ1) is 5.16. The van der Waals surface area contributed by atoms with Crippen LogP contribution in [-0.4, -0.2) is 17.4 Å². The average molecular weight is 163 g/mol. The first-order valence-corrected chi connectivity index (χ1v) is 4.02. The first kappa shape index (κ1) is 8.33. The molecule has 0 aliphatic rings. The molecule has 1 aromatic rings. The lowest BCUT2D eigenvalue weighted by molar-refractivity contribution is 0.415. The molecule has 57 valence electrons. The summed E-state index contributed by atoms with van der Waals surface area (Å²) in [5.41, 5.74) is 2.45. The highest BCUT2D eigenvalue weighted by Gasteiger charge is 2.03. The maximum absolute atomic E-state index is 5.21. The summed E-state index contributed by atoms with van der Waals surface area (Å²) in [6.07, 6.45) is 0. The van der Waals surface area contributed by atoms with Crippen molar-refractivity contribution in [3.05, 3.63) is 23.3 Å². The molecule has 0 saturated heterocycles. The molecule has 0 amide bonds. The normalized spacial score (nSPS) is 9.82. The lowest BCUT2D eigenvalue weighted by atomic mass is 10.1. The van der Waals surface area contributed by atoms with Crippen LogP contribution in [0, 0.1) is 13.8 Å². The van der Waals surface area contributed by atoms with Crippen LogP contribution in [0.15, 0.2) is 12.1 Å². The van der Waals surface area contributed by atoms with E-state index in [9.17, 15) is 0 Å². The molecular weight excluding hydrogens is 152 g/mol. The molecule has 0 aliphatic carbocycles. The molecule has 0 unspecified atom stereocenters. The zero-order valence-corrected chi connectivity index (χ0v) is 8.06. The largest absolute Gasteiger partial charge is 0.497 e. The summed E-state index contributed by atoms with van der Waals surface area (Å²) in [4.78, 5) is 0. The van der Waals surface area contributed by atoms with Gasteiger partial charge in [0.05, 0.1) is 17.4 Å². The molecule has 11 heavy (non-hydrogen) atoms. The molecular formula is C9H11OSi. The van der Waals surface area contributed by atoms with Crippen molar-refractivity contribution in [3.8, 4) is 5.75 Å². The van der Waals surface area contributed by atoms with E-state index in [1.165, 1.54) is 11.1 Å². The lowest BCUT2D eigenvalue weighted by Gasteiger charge is -2.09. The summed E-state index contributed by atoms with van der Waals surface area (Å²) in [5, 5.41) is 1.01. The van der Waals surface area contributed by atoms with Gasteiger partial charge in [-0.05, 0) is 30.2 Å². The Hall–Kier alpha value is -0.763. The maximum Gasteiger partial charge on any atom is 0.120 e. The number of benzene rings is 1. The van der Waals surface area contributed by atoms with Gasteiger partial charge in [0.25, 0.3) is 0 Å². The molecule has 0 saturated carbocycles. The van der Waals surface area contributed by atoms with Crippen LogP contribution >= 0.6 is 0 Å². The summed E-state index contributed by atoms with van der Waals surface area (Å²) in [7, 11) is 5.15. The van der Waals surface area contributed by atoms with Crippen molar-refractivity contribution in [3.63, 3.8) is 0 Å². The third-order valence-electron chi connectivity index (χ3n) is 1.88. The van der Waals surface area contributed by atoms with E-state index in [0.29, 0.717) is 0 Å². The van der Waals surface area contributed by atoms with E-state index in [1.54, 1.807) is 7.11 Å². The van der Waals surface area contributed by atoms with E-state index in [2.05, 4.69) is 30.2 Å². The lowest BCUT2D eigenvalue weighted by Crippen LogP contribution is -2.09. The Balaban J connectivity index is 3.29. The Kier molecular flexibility index (Phi) is 2.34. The highest BCUT2D eigenvalue weighted by Crippen LogP contribution is 2.16. The minimum Gasteiger partial charge on any atom is -0.497 e. The van der Waals surface area contributed by atoms with Gasteiger partial charge in [0, 0.05) is 0 Å². The molecule has 1 rings (SSSR count). The summed E-state index contributed by atoms with van der Waals surface area (Å²) >= 11 is 0. The second-order valence-corrected chi connectivity index (χ2v) is 3.13. The van der Waals surface area contributed by atoms with Crippen molar-refractivity contribution < 1.29 is 4.74 Å². The van der Waals surface area contributed by atoms with Crippen LogP contribution in [0.5, 0.6) is 5.75 Å². The van der Waals surface area contributed by atoms with E-state index in [-0.39, 0.29) is 0 Å². The van der Waals surface area contributed by atoms with Crippen LogP contribution in [-0.2, 0) is 0 Å². The second kappa shape index (κ2) is 3.09. The third kappa shape index (κ3) is 1.45. The van der Waals surface area contributed by atoms with Crippen molar-refractivity contribution in [2.45, 2.75) is 13.8 Å². The molecule has 0 N–H and O–H groups in total.